The Balaban J connectivity index is 1.65. The van der Waals surface area contributed by atoms with E-state index in [9.17, 15) is 13.2 Å². The average molecular weight is 475 g/mol. The number of carbonyl (C=O) groups is 1. The van der Waals surface area contributed by atoms with E-state index in [1.807, 2.05) is 30.3 Å². The molecule has 0 aliphatic heterocycles. The highest BCUT2D eigenvalue weighted by Crippen LogP contribution is 2.30. The van der Waals surface area contributed by atoms with E-state index in [0.717, 1.165) is 16.5 Å². The Kier molecular flexibility index (Phi) is 8.40. The molecule has 0 aromatic heterocycles. The second kappa shape index (κ2) is 11.2. The molecule has 1 amide bonds. The maximum atomic E-state index is 13.2. The minimum Gasteiger partial charge on any atom is -0.354 e. The first-order valence-corrected chi connectivity index (χ1v) is 12.6. The molecule has 3 aromatic carbocycles. The average Bonchev–Trinajstić information content (AvgIpc) is 2.79. The number of thioether (sulfide) groups is 1. The normalized spacial score (nSPS) is 11.1. The number of sulfonamides is 1. The van der Waals surface area contributed by atoms with Gasteiger partial charge in [0.15, 0.2) is 0 Å². The van der Waals surface area contributed by atoms with Crippen LogP contribution in [0.25, 0.3) is 0 Å². The summed E-state index contributed by atoms with van der Waals surface area (Å²) in [6.07, 6.45) is 0.767. The fraction of sp³-hybridized carbons (Fsp3) is 0.174. The number of hydrogen-bond donors (Lipinski definition) is 1. The molecule has 0 atom stereocenters. The fourth-order valence-electron chi connectivity index (χ4n) is 2.87. The monoisotopic (exact) mass is 474 g/mol. The third kappa shape index (κ3) is 6.50. The van der Waals surface area contributed by atoms with Gasteiger partial charge >= 0.3 is 0 Å². The zero-order chi connectivity index (χ0) is 22.1. The molecule has 0 aliphatic carbocycles. The Bertz CT molecular complexity index is 1090. The van der Waals surface area contributed by atoms with Crippen LogP contribution in [0.4, 0.5) is 5.69 Å². The Morgan fingerprint density at radius 1 is 0.903 bits per heavy atom. The lowest BCUT2D eigenvalue weighted by Gasteiger charge is -2.25. The van der Waals surface area contributed by atoms with Gasteiger partial charge in [-0.2, -0.15) is 0 Å². The van der Waals surface area contributed by atoms with Gasteiger partial charge in [-0.3, -0.25) is 9.10 Å². The van der Waals surface area contributed by atoms with E-state index >= 15 is 0 Å². The molecule has 0 fully saturated rings. The summed E-state index contributed by atoms with van der Waals surface area (Å²) in [7, 11) is -3.96. The molecule has 0 aliphatic rings. The molecule has 0 saturated carbocycles. The molecule has 3 rings (SSSR count). The van der Waals surface area contributed by atoms with Crippen molar-refractivity contribution in [2.24, 2.45) is 0 Å². The van der Waals surface area contributed by atoms with Gasteiger partial charge in [0.05, 0.1) is 15.6 Å². The van der Waals surface area contributed by atoms with Crippen molar-refractivity contribution in [2.75, 3.05) is 23.1 Å². The topological polar surface area (TPSA) is 66.5 Å². The lowest BCUT2D eigenvalue weighted by Crippen LogP contribution is -2.41. The van der Waals surface area contributed by atoms with E-state index in [2.05, 4.69) is 5.32 Å². The van der Waals surface area contributed by atoms with Crippen LogP contribution in [0.15, 0.2) is 94.7 Å². The number of anilines is 1. The molecule has 0 heterocycles. The predicted octanol–water partition coefficient (Wildman–Crippen LogP) is 4.83. The standard InChI is InChI=1S/C23H23ClN2O3S2/c24-21-14-7-8-15-22(21)26(31(28,29)20-12-5-2-6-13-20)18-23(27)25-16-9-17-30-19-10-3-1-4-11-19/h1-8,10-15H,9,16-18H2,(H,25,27). The second-order valence-corrected chi connectivity index (χ2v) is 10.1. The fourth-order valence-corrected chi connectivity index (χ4v) is 5.49. The highest BCUT2D eigenvalue weighted by atomic mass is 35.5. The SMILES string of the molecule is O=C(CN(c1ccccc1Cl)S(=O)(=O)c1ccccc1)NCCCSc1ccccc1. The molecule has 5 nitrogen and oxygen atoms in total. The van der Waals surface area contributed by atoms with Crippen LogP contribution in [-0.2, 0) is 14.8 Å². The van der Waals surface area contributed by atoms with Crippen LogP contribution in [0.2, 0.25) is 5.02 Å². The van der Waals surface area contributed by atoms with Gasteiger partial charge in [-0.1, -0.05) is 60.1 Å². The van der Waals surface area contributed by atoms with Crippen LogP contribution in [0, 0.1) is 0 Å². The quantitative estimate of drug-likeness (QED) is 0.337. The van der Waals surface area contributed by atoms with Crippen LogP contribution >= 0.6 is 23.4 Å². The van der Waals surface area contributed by atoms with E-state index < -0.39 is 10.0 Å². The van der Waals surface area contributed by atoms with Crippen LogP contribution in [0.1, 0.15) is 6.42 Å². The summed E-state index contributed by atoms with van der Waals surface area (Å²) in [6, 6.07) is 24.6. The first-order valence-electron chi connectivity index (χ1n) is 9.75. The third-order valence-electron chi connectivity index (χ3n) is 4.39. The minimum absolute atomic E-state index is 0.0991. The lowest BCUT2D eigenvalue weighted by molar-refractivity contribution is -0.119. The molecule has 31 heavy (non-hydrogen) atoms. The van der Waals surface area contributed by atoms with E-state index in [1.165, 1.54) is 17.0 Å². The largest absolute Gasteiger partial charge is 0.354 e. The number of halogens is 1. The molecule has 0 saturated heterocycles. The molecule has 0 bridgehead atoms. The van der Waals surface area contributed by atoms with Gasteiger partial charge in [-0.25, -0.2) is 8.42 Å². The first kappa shape index (κ1) is 23.2. The maximum absolute atomic E-state index is 13.2. The minimum atomic E-state index is -3.96. The van der Waals surface area contributed by atoms with Crippen LogP contribution in [-0.4, -0.2) is 33.2 Å². The van der Waals surface area contributed by atoms with Gasteiger partial charge < -0.3 is 5.32 Å². The zero-order valence-electron chi connectivity index (χ0n) is 16.8. The van der Waals surface area contributed by atoms with Gasteiger partial charge in [-0.05, 0) is 48.6 Å². The summed E-state index contributed by atoms with van der Waals surface area (Å²) in [5, 5.41) is 3.07. The smallest absolute Gasteiger partial charge is 0.264 e. The number of nitrogens with zero attached hydrogens (tertiary/aromatic N) is 1. The summed E-state index contributed by atoms with van der Waals surface area (Å²) in [5.41, 5.74) is 0.266. The van der Waals surface area contributed by atoms with Crippen molar-refractivity contribution in [2.45, 2.75) is 16.2 Å². The van der Waals surface area contributed by atoms with Crippen molar-refractivity contribution < 1.29 is 13.2 Å². The second-order valence-electron chi connectivity index (χ2n) is 6.64. The molecule has 0 unspecified atom stereocenters. The molecule has 162 valence electrons. The lowest BCUT2D eigenvalue weighted by atomic mass is 10.3. The first-order chi connectivity index (χ1) is 15.0. The van der Waals surface area contributed by atoms with E-state index in [0.29, 0.717) is 6.54 Å². The van der Waals surface area contributed by atoms with Gasteiger partial charge in [0.2, 0.25) is 5.91 Å². The summed E-state index contributed by atoms with van der Waals surface area (Å²) in [5.74, 6) is 0.463. The number of hydrogen-bond acceptors (Lipinski definition) is 4. The number of rotatable bonds is 10. The van der Waals surface area contributed by atoms with Gasteiger partial charge in [-0.15, -0.1) is 11.8 Å². The third-order valence-corrected chi connectivity index (χ3v) is 7.59. The van der Waals surface area contributed by atoms with Crippen molar-refractivity contribution in [3.05, 3.63) is 90.0 Å². The highest BCUT2D eigenvalue weighted by Gasteiger charge is 2.28. The van der Waals surface area contributed by atoms with Gasteiger partial charge in [0.1, 0.15) is 6.54 Å². The summed E-state index contributed by atoms with van der Waals surface area (Å²) < 4.78 is 27.5. The molecular weight excluding hydrogens is 452 g/mol. The van der Waals surface area contributed by atoms with Gasteiger partial charge in [0.25, 0.3) is 10.0 Å². The number of amides is 1. The molecular formula is C23H23ClN2O3S2. The molecule has 0 radical (unpaired) electrons. The van der Waals surface area contributed by atoms with Crippen molar-refractivity contribution in [1.29, 1.82) is 0 Å². The van der Waals surface area contributed by atoms with E-state index in [-0.39, 0.29) is 28.1 Å². The predicted molar refractivity (Wildman–Crippen MR) is 127 cm³/mol. The van der Waals surface area contributed by atoms with Gasteiger partial charge in [0, 0.05) is 11.4 Å². The molecule has 8 heteroatoms. The zero-order valence-corrected chi connectivity index (χ0v) is 19.2. The van der Waals surface area contributed by atoms with Crippen LogP contribution in [0.5, 0.6) is 0 Å². The number of nitrogens with one attached hydrogen (secondary N) is 1. The Morgan fingerprint density at radius 2 is 1.52 bits per heavy atom. The Labute approximate surface area is 192 Å². The van der Waals surface area contributed by atoms with Crippen LogP contribution in [0.3, 0.4) is 0 Å². The Morgan fingerprint density at radius 3 is 2.19 bits per heavy atom. The summed E-state index contributed by atoms with van der Waals surface area (Å²) in [4.78, 5) is 13.9. The molecule has 0 spiro atoms. The Hall–Kier alpha value is -2.48. The van der Waals surface area contributed by atoms with E-state index in [4.69, 9.17) is 11.6 Å². The van der Waals surface area contributed by atoms with Crippen molar-refractivity contribution in [3.8, 4) is 0 Å². The molecule has 1 N–H and O–H groups in total. The van der Waals surface area contributed by atoms with Crippen LogP contribution < -0.4 is 9.62 Å². The highest BCUT2D eigenvalue weighted by molar-refractivity contribution is 7.99. The summed E-state index contributed by atoms with van der Waals surface area (Å²) in [6.45, 7) is 0.104. The van der Waals surface area contributed by atoms with Crippen molar-refractivity contribution >= 4 is 45.0 Å². The number of carbonyl (C=O) groups excluding carboxylic acids is 1. The van der Waals surface area contributed by atoms with Crippen molar-refractivity contribution in [3.63, 3.8) is 0 Å². The van der Waals surface area contributed by atoms with Crippen molar-refractivity contribution in [1.82, 2.24) is 5.32 Å². The van der Waals surface area contributed by atoms with E-state index in [1.54, 1.807) is 54.2 Å². The molecule has 3 aromatic rings. The number of para-hydroxylation sites is 1. The maximum Gasteiger partial charge on any atom is 0.264 e. The summed E-state index contributed by atoms with van der Waals surface area (Å²) >= 11 is 7.97. The number of benzene rings is 3.